The lowest BCUT2D eigenvalue weighted by Gasteiger charge is -2.15. The predicted molar refractivity (Wildman–Crippen MR) is 133 cm³/mol. The minimum absolute atomic E-state index is 0.663. The summed E-state index contributed by atoms with van der Waals surface area (Å²) < 4.78 is 2.30. The molecule has 7 nitrogen and oxygen atoms in total. The van der Waals surface area contributed by atoms with Crippen LogP contribution in [0.15, 0.2) is 60.7 Å². The second-order valence-corrected chi connectivity index (χ2v) is 8.22. The number of nitrogens with zero attached hydrogens (tertiary/aromatic N) is 5. The Kier molecular flexibility index (Phi) is 5.60. The number of imidazole rings is 1. The first-order valence-electron chi connectivity index (χ1n) is 11.3. The summed E-state index contributed by atoms with van der Waals surface area (Å²) in [7, 11) is 1.94. The lowest BCUT2D eigenvalue weighted by atomic mass is 9.95. The first-order valence-corrected chi connectivity index (χ1v) is 11.3. The van der Waals surface area contributed by atoms with Crippen molar-refractivity contribution < 1.29 is 0 Å². The van der Waals surface area contributed by atoms with Gasteiger partial charge in [-0.2, -0.15) is 0 Å². The number of fused-ring (bicyclic) bond motifs is 1. The highest BCUT2D eigenvalue weighted by Crippen LogP contribution is 2.34. The van der Waals surface area contributed by atoms with E-state index in [1.165, 1.54) is 5.56 Å². The monoisotopic (exact) mass is 437 g/mol. The summed E-state index contributed by atoms with van der Waals surface area (Å²) in [6.45, 7) is 4.37. The van der Waals surface area contributed by atoms with E-state index < -0.39 is 0 Å². The van der Waals surface area contributed by atoms with Crippen molar-refractivity contribution in [2.45, 2.75) is 33.1 Å². The van der Waals surface area contributed by atoms with Gasteiger partial charge in [0.05, 0.1) is 11.0 Å². The molecular weight excluding hydrogens is 410 g/mol. The zero-order valence-electron chi connectivity index (χ0n) is 19.1. The van der Waals surface area contributed by atoms with E-state index in [1.807, 2.05) is 25.2 Å². The number of unbranched alkanes of at least 4 members (excludes halogenated alkanes) is 1. The Balaban J connectivity index is 1.64. The van der Waals surface area contributed by atoms with Gasteiger partial charge in [-0.05, 0) is 70.8 Å². The van der Waals surface area contributed by atoms with Crippen LogP contribution in [-0.2, 0) is 6.42 Å². The van der Waals surface area contributed by atoms with E-state index in [0.29, 0.717) is 5.82 Å². The highest BCUT2D eigenvalue weighted by atomic mass is 15.5. The van der Waals surface area contributed by atoms with Crippen molar-refractivity contribution in [3.63, 3.8) is 0 Å². The van der Waals surface area contributed by atoms with Crippen LogP contribution >= 0.6 is 0 Å². The van der Waals surface area contributed by atoms with Gasteiger partial charge in [0.2, 0.25) is 0 Å². The number of anilines is 1. The van der Waals surface area contributed by atoms with E-state index in [0.717, 1.165) is 64.2 Å². The molecule has 0 saturated carbocycles. The molecule has 0 saturated heterocycles. The van der Waals surface area contributed by atoms with Gasteiger partial charge >= 0.3 is 0 Å². The second-order valence-electron chi connectivity index (χ2n) is 8.22. The molecule has 166 valence electrons. The maximum absolute atomic E-state index is 4.97. The van der Waals surface area contributed by atoms with Crippen molar-refractivity contribution >= 4 is 16.7 Å². The molecule has 0 amide bonds. The molecule has 0 aliphatic heterocycles. The summed E-state index contributed by atoms with van der Waals surface area (Å²) in [5.41, 5.74) is 8.75. The standard InChI is InChI=1S/C26H27N7/c1-4-5-10-25-28-23-14-11-18(27-3)16-24(23)33(25)19-12-13-20(17(2)15-19)21-8-6-7-9-22(21)26-29-31-32-30-26/h6-9,11-16,27H,4-5,10H2,1-3H3,(H,29,30,31,32). The molecule has 2 N–H and O–H groups in total. The van der Waals surface area contributed by atoms with Crippen LogP contribution in [0.3, 0.4) is 0 Å². The molecule has 0 aliphatic rings. The number of tetrazole rings is 1. The van der Waals surface area contributed by atoms with Crippen molar-refractivity contribution in [2.75, 3.05) is 12.4 Å². The van der Waals surface area contributed by atoms with Gasteiger partial charge in [0, 0.05) is 30.4 Å². The predicted octanol–water partition coefficient (Wildman–Crippen LogP) is 5.57. The SMILES string of the molecule is CCCCc1nc2ccc(NC)cc2n1-c1ccc(-c2ccccc2-c2nnn[nH]2)c(C)c1. The number of aromatic amines is 1. The quantitative estimate of drug-likeness (QED) is 0.348. The van der Waals surface area contributed by atoms with Gasteiger partial charge in [-0.25, -0.2) is 10.1 Å². The lowest BCUT2D eigenvalue weighted by molar-refractivity contribution is 0.744. The van der Waals surface area contributed by atoms with Gasteiger partial charge in [0.25, 0.3) is 0 Å². The van der Waals surface area contributed by atoms with Crippen molar-refractivity contribution in [3.05, 3.63) is 72.1 Å². The van der Waals surface area contributed by atoms with E-state index >= 15 is 0 Å². The number of H-pyrrole nitrogens is 1. The molecule has 0 spiro atoms. The van der Waals surface area contributed by atoms with Crippen LogP contribution in [0.5, 0.6) is 0 Å². The average molecular weight is 438 g/mol. The van der Waals surface area contributed by atoms with Gasteiger partial charge < -0.3 is 5.32 Å². The number of nitrogens with one attached hydrogen (secondary N) is 2. The van der Waals surface area contributed by atoms with E-state index in [1.54, 1.807) is 0 Å². The molecule has 5 aromatic rings. The molecule has 5 rings (SSSR count). The van der Waals surface area contributed by atoms with Crippen LogP contribution < -0.4 is 5.32 Å². The van der Waals surface area contributed by atoms with E-state index in [4.69, 9.17) is 4.98 Å². The summed E-state index contributed by atoms with van der Waals surface area (Å²) in [4.78, 5) is 4.97. The van der Waals surface area contributed by atoms with Crippen LogP contribution in [0.1, 0.15) is 31.2 Å². The van der Waals surface area contributed by atoms with Gasteiger partial charge in [0.1, 0.15) is 5.82 Å². The number of aromatic nitrogens is 6. The van der Waals surface area contributed by atoms with E-state index in [2.05, 4.69) is 86.8 Å². The lowest BCUT2D eigenvalue weighted by Crippen LogP contribution is -2.02. The maximum Gasteiger partial charge on any atom is 0.180 e. The molecule has 0 unspecified atom stereocenters. The smallest absolute Gasteiger partial charge is 0.180 e. The molecule has 3 aromatic carbocycles. The van der Waals surface area contributed by atoms with Crippen molar-refractivity contribution in [1.82, 2.24) is 30.2 Å². The molecule has 33 heavy (non-hydrogen) atoms. The third-order valence-corrected chi connectivity index (χ3v) is 6.05. The Bertz CT molecular complexity index is 1400. The van der Waals surface area contributed by atoms with Gasteiger partial charge in [-0.15, -0.1) is 5.10 Å². The van der Waals surface area contributed by atoms with Crippen molar-refractivity contribution in [3.8, 4) is 28.2 Å². The molecule has 0 radical (unpaired) electrons. The first kappa shape index (κ1) is 20.9. The fraction of sp³-hybridized carbons (Fsp3) is 0.231. The fourth-order valence-electron chi connectivity index (χ4n) is 4.36. The van der Waals surface area contributed by atoms with Crippen LogP contribution in [0, 0.1) is 6.92 Å². The Hall–Kier alpha value is -4.00. The van der Waals surface area contributed by atoms with E-state index in [9.17, 15) is 0 Å². The molecule has 0 aliphatic carbocycles. The second kappa shape index (κ2) is 8.86. The molecule has 0 fully saturated rings. The third kappa shape index (κ3) is 3.86. The van der Waals surface area contributed by atoms with Gasteiger partial charge in [-0.3, -0.25) is 4.57 Å². The number of aryl methyl sites for hydroxylation is 2. The molecule has 0 atom stereocenters. The largest absolute Gasteiger partial charge is 0.388 e. The maximum atomic E-state index is 4.97. The molecule has 2 heterocycles. The van der Waals surface area contributed by atoms with Crippen LogP contribution in [0.25, 0.3) is 39.2 Å². The summed E-state index contributed by atoms with van der Waals surface area (Å²) in [5.74, 6) is 1.76. The fourth-order valence-corrected chi connectivity index (χ4v) is 4.36. The normalized spacial score (nSPS) is 11.2. The summed E-state index contributed by atoms with van der Waals surface area (Å²) in [5, 5.41) is 17.7. The van der Waals surface area contributed by atoms with Gasteiger partial charge in [-0.1, -0.05) is 43.7 Å². The van der Waals surface area contributed by atoms with Crippen molar-refractivity contribution in [1.29, 1.82) is 0 Å². The Morgan fingerprint density at radius 2 is 1.82 bits per heavy atom. The number of benzene rings is 3. The van der Waals surface area contributed by atoms with Crippen LogP contribution in [0.4, 0.5) is 5.69 Å². The molecule has 2 aromatic heterocycles. The molecule has 7 heteroatoms. The Morgan fingerprint density at radius 1 is 0.970 bits per heavy atom. The van der Waals surface area contributed by atoms with Crippen LogP contribution in [0.2, 0.25) is 0 Å². The minimum atomic E-state index is 0.663. The first-order chi connectivity index (χ1) is 16.2. The summed E-state index contributed by atoms with van der Waals surface area (Å²) in [6.07, 6.45) is 3.19. The molecular formula is C26H27N7. The topological polar surface area (TPSA) is 84.3 Å². The summed E-state index contributed by atoms with van der Waals surface area (Å²) >= 11 is 0. The molecule has 0 bridgehead atoms. The summed E-state index contributed by atoms with van der Waals surface area (Å²) in [6, 6.07) is 21.1. The Morgan fingerprint density at radius 3 is 2.55 bits per heavy atom. The van der Waals surface area contributed by atoms with Crippen molar-refractivity contribution in [2.24, 2.45) is 0 Å². The van der Waals surface area contributed by atoms with Gasteiger partial charge in [0.15, 0.2) is 5.82 Å². The zero-order chi connectivity index (χ0) is 22.8. The number of hydrogen-bond acceptors (Lipinski definition) is 5. The highest BCUT2D eigenvalue weighted by Gasteiger charge is 2.16. The average Bonchev–Trinajstić information content (AvgIpc) is 3.50. The Labute approximate surface area is 192 Å². The highest BCUT2D eigenvalue weighted by molar-refractivity contribution is 5.84. The minimum Gasteiger partial charge on any atom is -0.388 e. The van der Waals surface area contributed by atoms with Crippen LogP contribution in [-0.4, -0.2) is 37.2 Å². The third-order valence-electron chi connectivity index (χ3n) is 6.05. The number of hydrogen-bond donors (Lipinski definition) is 2. The zero-order valence-corrected chi connectivity index (χ0v) is 19.1. The van der Waals surface area contributed by atoms with E-state index in [-0.39, 0.29) is 0 Å². The number of rotatable bonds is 7.